The van der Waals surface area contributed by atoms with Gasteiger partial charge in [-0.2, -0.15) is 5.10 Å². The fourth-order valence-electron chi connectivity index (χ4n) is 2.28. The molecule has 0 aliphatic heterocycles. The molecule has 0 saturated carbocycles. The number of nitrogens with zero attached hydrogens (tertiary/aromatic N) is 3. The molecule has 4 nitrogen and oxygen atoms in total. The number of hydrogen-bond donors (Lipinski definition) is 1. The van der Waals surface area contributed by atoms with Crippen LogP contribution in [0.5, 0.6) is 0 Å². The topological polar surface area (TPSA) is 41.3 Å². The molecule has 4 heteroatoms. The first-order valence-electron chi connectivity index (χ1n) is 7.12. The number of rotatable bonds is 9. The minimum atomic E-state index is 0.216. The highest BCUT2D eigenvalue weighted by Crippen LogP contribution is 2.15. The second-order valence-corrected chi connectivity index (χ2v) is 4.76. The standard InChI is InChI=1S/C14H27N3O/c1-4-8-16(10-11-18)12-13-7-9-17(15-13)14(5-2)6-3/h7,9,14,18H,4-6,8,10-12H2,1-3H3. The van der Waals surface area contributed by atoms with Gasteiger partial charge in [0.2, 0.25) is 0 Å². The first-order valence-corrected chi connectivity index (χ1v) is 7.12. The Morgan fingerprint density at radius 1 is 1.28 bits per heavy atom. The Bertz CT molecular complexity index is 315. The third kappa shape index (κ3) is 4.42. The first kappa shape index (κ1) is 15.2. The van der Waals surface area contributed by atoms with Crippen molar-refractivity contribution >= 4 is 0 Å². The van der Waals surface area contributed by atoms with Crippen molar-refractivity contribution in [1.29, 1.82) is 0 Å². The zero-order chi connectivity index (χ0) is 13.4. The van der Waals surface area contributed by atoms with Crippen molar-refractivity contribution in [2.75, 3.05) is 19.7 Å². The number of hydrogen-bond acceptors (Lipinski definition) is 3. The lowest BCUT2D eigenvalue weighted by molar-refractivity contribution is 0.188. The third-order valence-corrected chi connectivity index (χ3v) is 3.32. The smallest absolute Gasteiger partial charge is 0.0764 e. The summed E-state index contributed by atoms with van der Waals surface area (Å²) in [6, 6.07) is 2.61. The molecule has 0 aliphatic carbocycles. The molecule has 1 rings (SSSR count). The Kier molecular flexibility index (Phi) is 6.98. The average Bonchev–Trinajstić information content (AvgIpc) is 2.80. The van der Waals surface area contributed by atoms with Crippen LogP contribution in [-0.4, -0.2) is 39.5 Å². The van der Waals surface area contributed by atoms with Gasteiger partial charge in [-0.05, 0) is 31.9 Å². The summed E-state index contributed by atoms with van der Waals surface area (Å²) < 4.78 is 2.08. The normalized spacial score (nSPS) is 11.7. The maximum atomic E-state index is 9.04. The molecular weight excluding hydrogens is 226 g/mol. The van der Waals surface area contributed by atoms with Crippen LogP contribution in [0.1, 0.15) is 51.8 Å². The van der Waals surface area contributed by atoms with Gasteiger partial charge in [-0.25, -0.2) is 0 Å². The van der Waals surface area contributed by atoms with Crippen molar-refractivity contribution in [2.24, 2.45) is 0 Å². The van der Waals surface area contributed by atoms with Gasteiger partial charge in [-0.1, -0.05) is 20.8 Å². The van der Waals surface area contributed by atoms with Crippen LogP contribution < -0.4 is 0 Å². The van der Waals surface area contributed by atoms with E-state index < -0.39 is 0 Å². The van der Waals surface area contributed by atoms with E-state index in [0.717, 1.165) is 44.6 Å². The maximum Gasteiger partial charge on any atom is 0.0764 e. The van der Waals surface area contributed by atoms with Crippen LogP contribution in [0.3, 0.4) is 0 Å². The van der Waals surface area contributed by atoms with Gasteiger partial charge in [0, 0.05) is 19.3 Å². The quantitative estimate of drug-likeness (QED) is 0.735. The Balaban J connectivity index is 2.61. The van der Waals surface area contributed by atoms with Gasteiger partial charge in [0.25, 0.3) is 0 Å². The highest BCUT2D eigenvalue weighted by molar-refractivity contribution is 4.99. The molecule has 0 spiro atoms. The van der Waals surface area contributed by atoms with Crippen LogP contribution in [0, 0.1) is 0 Å². The monoisotopic (exact) mass is 253 g/mol. The molecule has 0 unspecified atom stereocenters. The predicted octanol–water partition coefficient (Wildman–Crippen LogP) is 2.45. The van der Waals surface area contributed by atoms with E-state index in [0.29, 0.717) is 6.04 Å². The molecule has 1 heterocycles. The molecule has 0 aromatic carbocycles. The first-order chi connectivity index (χ1) is 8.74. The van der Waals surface area contributed by atoms with E-state index in [4.69, 9.17) is 5.11 Å². The van der Waals surface area contributed by atoms with E-state index in [9.17, 15) is 0 Å². The van der Waals surface area contributed by atoms with Crippen LogP contribution >= 0.6 is 0 Å². The molecule has 1 aromatic heterocycles. The molecule has 0 saturated heterocycles. The summed E-state index contributed by atoms with van der Waals surface area (Å²) in [5.41, 5.74) is 1.10. The van der Waals surface area contributed by atoms with E-state index in [1.807, 2.05) is 0 Å². The summed E-state index contributed by atoms with van der Waals surface area (Å²) in [6.45, 7) is 9.35. The highest BCUT2D eigenvalue weighted by Gasteiger charge is 2.10. The molecule has 0 aliphatic rings. The third-order valence-electron chi connectivity index (χ3n) is 3.32. The van der Waals surface area contributed by atoms with Crippen LogP contribution in [-0.2, 0) is 6.54 Å². The van der Waals surface area contributed by atoms with E-state index in [-0.39, 0.29) is 6.61 Å². The molecule has 1 aromatic rings. The molecule has 0 amide bonds. The maximum absolute atomic E-state index is 9.04. The summed E-state index contributed by atoms with van der Waals surface area (Å²) >= 11 is 0. The molecule has 0 fully saturated rings. The van der Waals surface area contributed by atoms with Gasteiger partial charge in [0.1, 0.15) is 0 Å². The van der Waals surface area contributed by atoms with Gasteiger partial charge < -0.3 is 5.11 Å². The molecule has 18 heavy (non-hydrogen) atoms. The second kappa shape index (κ2) is 8.27. The van der Waals surface area contributed by atoms with Crippen molar-refractivity contribution < 1.29 is 5.11 Å². The minimum absolute atomic E-state index is 0.216. The Hall–Kier alpha value is -0.870. The molecule has 0 radical (unpaired) electrons. The van der Waals surface area contributed by atoms with Gasteiger partial charge in [-0.15, -0.1) is 0 Å². The average molecular weight is 253 g/mol. The number of aromatic nitrogens is 2. The largest absolute Gasteiger partial charge is 0.395 e. The molecule has 0 bridgehead atoms. The predicted molar refractivity (Wildman–Crippen MR) is 74.5 cm³/mol. The number of aliphatic hydroxyl groups excluding tert-OH is 1. The Morgan fingerprint density at radius 2 is 2.00 bits per heavy atom. The summed E-state index contributed by atoms with van der Waals surface area (Å²) in [5.74, 6) is 0. The highest BCUT2D eigenvalue weighted by atomic mass is 16.3. The van der Waals surface area contributed by atoms with E-state index in [2.05, 4.69) is 47.7 Å². The lowest BCUT2D eigenvalue weighted by Gasteiger charge is -2.19. The molecular formula is C14H27N3O. The van der Waals surface area contributed by atoms with Gasteiger partial charge in [-0.3, -0.25) is 9.58 Å². The summed E-state index contributed by atoms with van der Waals surface area (Å²) in [4.78, 5) is 2.25. The van der Waals surface area contributed by atoms with Crippen LogP contribution in [0.25, 0.3) is 0 Å². The lowest BCUT2D eigenvalue weighted by atomic mass is 10.2. The van der Waals surface area contributed by atoms with Crippen molar-refractivity contribution in [2.45, 2.75) is 52.6 Å². The zero-order valence-electron chi connectivity index (χ0n) is 12.0. The SMILES string of the molecule is CCCN(CCO)Cc1ccn(C(CC)CC)n1. The minimum Gasteiger partial charge on any atom is -0.395 e. The van der Waals surface area contributed by atoms with Crippen molar-refractivity contribution in [3.63, 3.8) is 0 Å². The Labute approximate surface area is 111 Å². The molecule has 0 atom stereocenters. The van der Waals surface area contributed by atoms with Crippen LogP contribution in [0.15, 0.2) is 12.3 Å². The molecule has 104 valence electrons. The van der Waals surface area contributed by atoms with Gasteiger partial charge >= 0.3 is 0 Å². The van der Waals surface area contributed by atoms with Crippen molar-refractivity contribution in [3.05, 3.63) is 18.0 Å². The Morgan fingerprint density at radius 3 is 2.56 bits per heavy atom. The fourth-order valence-corrected chi connectivity index (χ4v) is 2.28. The van der Waals surface area contributed by atoms with Crippen molar-refractivity contribution in [1.82, 2.24) is 14.7 Å². The number of aliphatic hydroxyl groups is 1. The van der Waals surface area contributed by atoms with Crippen LogP contribution in [0.4, 0.5) is 0 Å². The summed E-state index contributed by atoms with van der Waals surface area (Å²) in [5, 5.41) is 13.7. The van der Waals surface area contributed by atoms with E-state index in [1.54, 1.807) is 0 Å². The summed E-state index contributed by atoms with van der Waals surface area (Å²) in [6.07, 6.45) is 5.42. The second-order valence-electron chi connectivity index (χ2n) is 4.76. The lowest BCUT2D eigenvalue weighted by Crippen LogP contribution is -2.27. The molecule has 1 N–H and O–H groups in total. The van der Waals surface area contributed by atoms with E-state index >= 15 is 0 Å². The van der Waals surface area contributed by atoms with Crippen molar-refractivity contribution in [3.8, 4) is 0 Å². The zero-order valence-corrected chi connectivity index (χ0v) is 12.0. The van der Waals surface area contributed by atoms with Gasteiger partial charge in [0.05, 0.1) is 18.3 Å². The summed E-state index contributed by atoms with van der Waals surface area (Å²) in [7, 11) is 0. The fraction of sp³-hybridized carbons (Fsp3) is 0.786. The van der Waals surface area contributed by atoms with Gasteiger partial charge in [0.15, 0.2) is 0 Å². The van der Waals surface area contributed by atoms with Crippen LogP contribution in [0.2, 0.25) is 0 Å². The van der Waals surface area contributed by atoms with E-state index in [1.165, 1.54) is 0 Å².